The molecule has 0 fully saturated rings. The van der Waals surface area contributed by atoms with Crippen molar-refractivity contribution in [1.29, 1.82) is 0 Å². The van der Waals surface area contributed by atoms with Gasteiger partial charge in [0.25, 0.3) is 8.68 Å². The Labute approximate surface area is 124 Å². The number of nitrogens with one attached hydrogen (secondary N) is 2. The van der Waals surface area contributed by atoms with Crippen molar-refractivity contribution in [3.63, 3.8) is 0 Å². The predicted molar refractivity (Wildman–Crippen MR) is 68.0 cm³/mol. The summed E-state index contributed by atoms with van der Waals surface area (Å²) in [7, 11) is 9.75. The molecule has 0 saturated carbocycles. The molecule has 2 rings (SSSR count). The molecule has 0 radical (unpaired) electrons. The van der Waals surface area contributed by atoms with Gasteiger partial charge in [-0.2, -0.15) is 9.97 Å². The van der Waals surface area contributed by atoms with E-state index < -0.39 is 16.5 Å². The van der Waals surface area contributed by atoms with Crippen molar-refractivity contribution in [1.82, 2.24) is 0 Å². The minimum atomic E-state index is -0.472. The summed E-state index contributed by atoms with van der Waals surface area (Å²) in [6, 6.07) is 0. The van der Waals surface area contributed by atoms with Crippen LogP contribution in [0.25, 0.3) is 0 Å². The third kappa shape index (κ3) is 11.5. The summed E-state index contributed by atoms with van der Waals surface area (Å²) in [5.41, 5.74) is 0. The van der Waals surface area contributed by atoms with Crippen LogP contribution in [0.3, 0.4) is 0 Å². The van der Waals surface area contributed by atoms with Crippen LogP contribution in [-0.4, -0.2) is 0 Å². The van der Waals surface area contributed by atoms with Crippen molar-refractivity contribution < 1.29 is 26.4 Å². The van der Waals surface area contributed by atoms with Crippen LogP contribution in [0.5, 0.6) is 0 Å². The molecule has 0 amide bonds. The van der Waals surface area contributed by atoms with E-state index in [2.05, 4.69) is 35.2 Å². The molecule has 0 aliphatic rings. The summed E-state index contributed by atoms with van der Waals surface area (Å²) in [6.07, 6.45) is 3.71. The van der Waals surface area contributed by atoms with Gasteiger partial charge in [-0.1, -0.05) is 47.9 Å². The Hall–Kier alpha value is 1.23. The number of rotatable bonds is 0. The minimum absolute atomic E-state index is 0.472. The molecule has 2 aromatic heterocycles. The molecule has 2 N–H and O–H groups in total. The van der Waals surface area contributed by atoms with Gasteiger partial charge in [0.05, 0.1) is 10.8 Å². The summed E-state index contributed by atoms with van der Waals surface area (Å²) in [5, 5.41) is 3.89. The number of hydrogen-bond acceptors (Lipinski definition) is 4. The van der Waals surface area contributed by atoms with E-state index >= 15 is 0 Å². The quantitative estimate of drug-likeness (QED) is 0.519. The standard InChI is InChI=1S/2C3H3NS2.2ClH.Pt/c2*5-3-4-1-2-6-3;;;/h2*1-2H,(H,4,5);2*1H;/q;;;;+2. The normalized spacial score (nSPS) is 8.53. The van der Waals surface area contributed by atoms with E-state index in [0.29, 0.717) is 0 Å². The molecule has 0 aromatic carbocycles. The summed E-state index contributed by atoms with van der Waals surface area (Å²) in [6.45, 7) is 0. The molecule has 2 heterocycles. The molecule has 0 bridgehead atoms. The van der Waals surface area contributed by atoms with Crippen LogP contribution in [0.1, 0.15) is 0 Å². The number of aromatic nitrogens is 2. The molecule has 0 saturated heterocycles. The summed E-state index contributed by atoms with van der Waals surface area (Å²) >= 11 is 10.7. The van der Waals surface area contributed by atoms with Crippen LogP contribution in [0.4, 0.5) is 0 Å². The van der Waals surface area contributed by atoms with Crippen LogP contribution in [0.2, 0.25) is 0 Å². The zero-order valence-electron chi connectivity index (χ0n) is 7.09. The molecule has 88 valence electrons. The Morgan fingerprint density at radius 1 is 1.00 bits per heavy atom. The third-order valence-corrected chi connectivity index (χ3v) is 3.03. The molecule has 0 atom stereocenters. The van der Waals surface area contributed by atoms with Gasteiger partial charge in [-0.05, 0) is 0 Å². The predicted octanol–water partition coefficient (Wildman–Crippen LogP) is 3.08. The number of H-pyrrole nitrogens is 2. The molecule has 0 aliphatic heterocycles. The van der Waals surface area contributed by atoms with E-state index in [1.165, 1.54) is 0 Å². The van der Waals surface area contributed by atoms with Crippen molar-refractivity contribution in [2.75, 3.05) is 0 Å². The SMILES string of the molecule is Sc1[nH+]ccs1.Sc1[nH+]ccs1.[Cl][Pt][Cl]. The summed E-state index contributed by atoms with van der Waals surface area (Å²) in [4.78, 5) is 5.77. The fourth-order valence-electron chi connectivity index (χ4n) is 0.476. The first-order valence-corrected chi connectivity index (χ1v) is 11.6. The van der Waals surface area contributed by atoms with Gasteiger partial charge in [-0.15, -0.1) is 0 Å². The van der Waals surface area contributed by atoms with Crippen LogP contribution >= 0.6 is 66.8 Å². The molecule has 0 aliphatic carbocycles. The van der Waals surface area contributed by atoms with Gasteiger partial charge in [0, 0.05) is 0 Å². The fraction of sp³-hybridized carbons (Fsp3) is 0. The number of aromatic amines is 2. The van der Waals surface area contributed by atoms with Crippen LogP contribution in [0.15, 0.2) is 31.8 Å². The first kappa shape index (κ1) is 16.2. The van der Waals surface area contributed by atoms with Gasteiger partial charge >= 0.3 is 35.3 Å². The monoisotopic (exact) mass is 501 g/mol. The number of thiazole rings is 2. The van der Waals surface area contributed by atoms with E-state index in [9.17, 15) is 0 Å². The van der Waals surface area contributed by atoms with Gasteiger partial charge in [0.15, 0.2) is 12.4 Å². The second-order valence-corrected chi connectivity index (χ2v) is 8.40. The zero-order valence-corrected chi connectivity index (χ0v) is 14.3. The van der Waals surface area contributed by atoms with Crippen molar-refractivity contribution in [3.8, 4) is 0 Å². The Kier molecular flexibility index (Phi) is 12.7. The van der Waals surface area contributed by atoms with E-state index in [4.69, 9.17) is 18.8 Å². The van der Waals surface area contributed by atoms with Gasteiger partial charge in [-0.3, -0.25) is 0 Å². The molecule has 9 heteroatoms. The second-order valence-electron chi connectivity index (χ2n) is 1.79. The Morgan fingerprint density at radius 2 is 1.33 bits per heavy atom. The molecule has 0 spiro atoms. The molecule has 2 aromatic rings. The van der Waals surface area contributed by atoms with Crippen LogP contribution in [-0.2, 0) is 16.5 Å². The van der Waals surface area contributed by atoms with Gasteiger partial charge < -0.3 is 0 Å². The van der Waals surface area contributed by atoms with Gasteiger partial charge in [0.2, 0.25) is 0 Å². The maximum atomic E-state index is 4.88. The molecular weight excluding hydrogens is 494 g/mol. The Bertz CT molecular complexity index is 283. The van der Waals surface area contributed by atoms with E-state index in [1.807, 2.05) is 23.2 Å². The third-order valence-electron chi connectivity index (χ3n) is 0.909. The number of hydrogen-bond donors (Lipinski definition) is 2. The second kappa shape index (κ2) is 11.7. The van der Waals surface area contributed by atoms with Crippen LogP contribution < -0.4 is 9.97 Å². The average molecular weight is 502 g/mol. The van der Waals surface area contributed by atoms with Crippen molar-refractivity contribution >= 4 is 66.8 Å². The molecular formula is C6H8Cl2N2PtS4+2. The first-order valence-electron chi connectivity index (χ1n) is 3.31. The van der Waals surface area contributed by atoms with E-state index in [1.54, 1.807) is 22.7 Å². The Balaban J connectivity index is 0.000000210. The summed E-state index contributed by atoms with van der Waals surface area (Å²) < 4.78 is 1.91. The first-order chi connectivity index (χ1) is 7.20. The summed E-state index contributed by atoms with van der Waals surface area (Å²) in [5.74, 6) is 0. The zero-order chi connectivity index (χ0) is 11.5. The van der Waals surface area contributed by atoms with E-state index in [0.717, 1.165) is 8.68 Å². The van der Waals surface area contributed by atoms with Gasteiger partial charge in [0.1, 0.15) is 0 Å². The van der Waals surface area contributed by atoms with Crippen molar-refractivity contribution in [2.45, 2.75) is 8.68 Å². The van der Waals surface area contributed by atoms with Gasteiger partial charge in [-0.25, -0.2) is 0 Å². The average Bonchev–Trinajstić information content (AvgIpc) is 2.81. The molecule has 15 heavy (non-hydrogen) atoms. The van der Waals surface area contributed by atoms with E-state index in [-0.39, 0.29) is 0 Å². The maximum absolute atomic E-state index is 4.88. The van der Waals surface area contributed by atoms with Crippen molar-refractivity contribution in [3.05, 3.63) is 23.2 Å². The topological polar surface area (TPSA) is 28.3 Å². The molecule has 0 unspecified atom stereocenters. The molecule has 2 nitrogen and oxygen atoms in total. The Morgan fingerprint density at radius 3 is 1.40 bits per heavy atom. The fourth-order valence-corrected chi connectivity index (χ4v) is 1.79. The number of thiol groups is 2. The van der Waals surface area contributed by atoms with Crippen LogP contribution in [0, 0.1) is 0 Å². The van der Waals surface area contributed by atoms with Crippen molar-refractivity contribution in [2.24, 2.45) is 0 Å². The number of halogens is 2.